The first kappa shape index (κ1) is 21.4. The summed E-state index contributed by atoms with van der Waals surface area (Å²) in [6.45, 7) is 7.63. The van der Waals surface area contributed by atoms with E-state index in [2.05, 4.69) is 14.8 Å². The third kappa shape index (κ3) is 4.04. The van der Waals surface area contributed by atoms with Crippen LogP contribution in [0.1, 0.15) is 34.2 Å². The Bertz CT molecular complexity index is 1310. The van der Waals surface area contributed by atoms with E-state index in [1.165, 1.54) is 11.8 Å². The Balaban J connectivity index is 1.31. The van der Waals surface area contributed by atoms with Crippen LogP contribution >= 0.6 is 11.8 Å². The van der Waals surface area contributed by atoms with Crippen molar-refractivity contribution in [2.75, 3.05) is 12.5 Å². The van der Waals surface area contributed by atoms with E-state index in [4.69, 9.17) is 13.9 Å². The summed E-state index contributed by atoms with van der Waals surface area (Å²) in [7, 11) is 0. The van der Waals surface area contributed by atoms with E-state index in [0.29, 0.717) is 29.8 Å². The van der Waals surface area contributed by atoms with Crippen molar-refractivity contribution in [3.8, 4) is 23.1 Å². The van der Waals surface area contributed by atoms with Crippen molar-refractivity contribution in [3.05, 3.63) is 65.2 Å². The van der Waals surface area contributed by atoms with Gasteiger partial charge < -0.3 is 18.5 Å². The van der Waals surface area contributed by atoms with Gasteiger partial charge in [0.1, 0.15) is 0 Å². The highest BCUT2D eigenvalue weighted by atomic mass is 32.2. The number of nitrogens with zero attached hydrogens (tertiary/aromatic N) is 4. The van der Waals surface area contributed by atoms with Crippen LogP contribution in [0.25, 0.3) is 11.6 Å². The van der Waals surface area contributed by atoms with Crippen molar-refractivity contribution in [1.29, 1.82) is 0 Å². The number of carbonyl (C=O) groups excluding carboxylic acids is 1. The van der Waals surface area contributed by atoms with E-state index in [1.54, 1.807) is 6.26 Å². The number of aromatic nitrogens is 4. The number of thioether (sulfide) groups is 1. The topological polar surface area (TPSA) is 84.3 Å². The van der Waals surface area contributed by atoms with Crippen LogP contribution in [0.5, 0.6) is 11.5 Å². The van der Waals surface area contributed by atoms with Crippen LogP contribution in [0.2, 0.25) is 0 Å². The lowest BCUT2D eigenvalue weighted by Gasteiger charge is -2.11. The Morgan fingerprint density at radius 1 is 1.09 bits per heavy atom. The number of hydrogen-bond donors (Lipinski definition) is 0. The van der Waals surface area contributed by atoms with Crippen molar-refractivity contribution in [2.24, 2.45) is 0 Å². The molecule has 0 aliphatic carbocycles. The summed E-state index contributed by atoms with van der Waals surface area (Å²) in [6.07, 6.45) is 1.61. The number of carbonyl (C=O) groups is 1. The van der Waals surface area contributed by atoms with Gasteiger partial charge >= 0.3 is 0 Å². The molecule has 0 atom stereocenters. The number of ketones is 1. The molecule has 4 heterocycles. The molecule has 3 aromatic heterocycles. The van der Waals surface area contributed by atoms with Gasteiger partial charge in [0.05, 0.1) is 12.0 Å². The number of aryl methyl sites for hydroxylation is 1. The zero-order chi connectivity index (χ0) is 22.9. The van der Waals surface area contributed by atoms with Gasteiger partial charge in [0.25, 0.3) is 0 Å². The van der Waals surface area contributed by atoms with Gasteiger partial charge in [-0.1, -0.05) is 17.8 Å². The summed E-state index contributed by atoms with van der Waals surface area (Å²) in [4.78, 5) is 13.1. The Labute approximate surface area is 195 Å². The molecule has 0 saturated heterocycles. The van der Waals surface area contributed by atoms with Crippen LogP contribution in [0.15, 0.2) is 52.2 Å². The molecule has 0 bridgehead atoms. The van der Waals surface area contributed by atoms with Crippen molar-refractivity contribution in [2.45, 2.75) is 39.0 Å². The molecule has 0 spiro atoms. The quantitative estimate of drug-likeness (QED) is 0.275. The van der Waals surface area contributed by atoms with Gasteiger partial charge in [-0.15, -0.1) is 10.2 Å². The molecule has 0 fully saturated rings. The lowest BCUT2D eigenvalue weighted by atomic mass is 10.1. The van der Waals surface area contributed by atoms with E-state index in [-0.39, 0.29) is 18.3 Å². The minimum Gasteiger partial charge on any atom is -0.461 e. The zero-order valence-electron chi connectivity index (χ0n) is 18.7. The fourth-order valence-electron chi connectivity index (χ4n) is 4.03. The van der Waals surface area contributed by atoms with Crippen molar-refractivity contribution in [1.82, 2.24) is 19.3 Å². The summed E-state index contributed by atoms with van der Waals surface area (Å²) in [5.74, 6) is 3.20. The number of fused-ring (bicyclic) bond motifs is 1. The average molecular weight is 465 g/mol. The molecule has 170 valence electrons. The summed E-state index contributed by atoms with van der Waals surface area (Å²) in [6, 6.07) is 11.6. The summed E-state index contributed by atoms with van der Waals surface area (Å²) < 4.78 is 20.5. The van der Waals surface area contributed by atoms with Crippen LogP contribution in [0.4, 0.5) is 0 Å². The van der Waals surface area contributed by atoms with Crippen LogP contribution < -0.4 is 9.47 Å². The maximum atomic E-state index is 13.1. The summed E-state index contributed by atoms with van der Waals surface area (Å²) in [5, 5.41) is 9.23. The van der Waals surface area contributed by atoms with E-state index in [9.17, 15) is 4.79 Å². The molecule has 1 aromatic carbocycles. The van der Waals surface area contributed by atoms with Gasteiger partial charge in [-0.05, 0) is 56.7 Å². The van der Waals surface area contributed by atoms with Crippen LogP contribution in [-0.4, -0.2) is 37.7 Å². The predicted molar refractivity (Wildman–Crippen MR) is 124 cm³/mol. The van der Waals surface area contributed by atoms with Gasteiger partial charge in [-0.25, -0.2) is 0 Å². The molecule has 0 amide bonds. The van der Waals surface area contributed by atoms with Gasteiger partial charge in [-0.3, -0.25) is 9.36 Å². The highest BCUT2D eigenvalue weighted by molar-refractivity contribution is 7.99. The Morgan fingerprint density at radius 3 is 2.73 bits per heavy atom. The fourth-order valence-corrected chi connectivity index (χ4v) is 4.91. The molecule has 1 aliphatic rings. The second-order valence-electron chi connectivity index (χ2n) is 7.80. The Morgan fingerprint density at radius 2 is 1.94 bits per heavy atom. The maximum Gasteiger partial charge on any atom is 0.231 e. The number of hydrogen-bond acceptors (Lipinski definition) is 7. The molecule has 8 nitrogen and oxygen atoms in total. The van der Waals surface area contributed by atoms with Gasteiger partial charge in [0, 0.05) is 30.0 Å². The summed E-state index contributed by atoms with van der Waals surface area (Å²) >= 11 is 1.39. The van der Waals surface area contributed by atoms with Crippen LogP contribution in [0, 0.1) is 13.8 Å². The SMILES string of the molecule is CCn1c(SCC(=O)c2cc(C)n(Cc3ccc4c(c3)OCO4)c2C)nnc1-c1ccco1. The van der Waals surface area contributed by atoms with Crippen LogP contribution in [0.3, 0.4) is 0 Å². The average Bonchev–Trinajstić information content (AvgIpc) is 3.60. The first-order chi connectivity index (χ1) is 16.0. The van der Waals surface area contributed by atoms with Crippen molar-refractivity contribution < 1.29 is 18.7 Å². The maximum absolute atomic E-state index is 13.1. The predicted octanol–water partition coefficient (Wildman–Crippen LogP) is 4.73. The smallest absolute Gasteiger partial charge is 0.231 e. The number of Topliss-reactive ketones (excluding diaryl/α,β-unsaturated/α-hetero) is 1. The first-order valence-electron chi connectivity index (χ1n) is 10.7. The minimum absolute atomic E-state index is 0.0650. The lowest BCUT2D eigenvalue weighted by Crippen LogP contribution is -2.08. The minimum atomic E-state index is 0.0650. The second kappa shape index (κ2) is 8.82. The molecular weight excluding hydrogens is 440 g/mol. The second-order valence-corrected chi connectivity index (χ2v) is 8.74. The summed E-state index contributed by atoms with van der Waals surface area (Å²) in [5.41, 5.74) is 3.81. The van der Waals surface area contributed by atoms with Crippen LogP contribution in [-0.2, 0) is 13.1 Å². The molecule has 5 rings (SSSR count). The monoisotopic (exact) mass is 464 g/mol. The van der Waals surface area contributed by atoms with Gasteiger partial charge in [-0.2, -0.15) is 0 Å². The zero-order valence-corrected chi connectivity index (χ0v) is 19.5. The first-order valence-corrected chi connectivity index (χ1v) is 11.7. The molecular formula is C24H24N4O4S. The Hall–Kier alpha value is -3.46. The van der Waals surface area contributed by atoms with Gasteiger partial charge in [0.2, 0.25) is 6.79 Å². The highest BCUT2D eigenvalue weighted by Gasteiger charge is 2.20. The van der Waals surface area contributed by atoms with Crippen molar-refractivity contribution in [3.63, 3.8) is 0 Å². The molecule has 0 N–H and O–H groups in total. The van der Waals surface area contributed by atoms with Gasteiger partial charge in [0.15, 0.2) is 34.0 Å². The third-order valence-electron chi connectivity index (χ3n) is 5.76. The molecule has 9 heteroatoms. The number of ether oxygens (including phenoxy) is 2. The highest BCUT2D eigenvalue weighted by Crippen LogP contribution is 2.33. The molecule has 0 unspecified atom stereocenters. The molecule has 33 heavy (non-hydrogen) atoms. The molecule has 0 radical (unpaired) electrons. The van der Waals surface area contributed by atoms with Crippen molar-refractivity contribution >= 4 is 17.5 Å². The van der Waals surface area contributed by atoms with E-state index < -0.39 is 0 Å². The molecule has 4 aromatic rings. The van der Waals surface area contributed by atoms with E-state index >= 15 is 0 Å². The normalized spacial score (nSPS) is 12.5. The van der Waals surface area contributed by atoms with E-state index in [1.807, 2.05) is 61.7 Å². The number of rotatable bonds is 8. The lowest BCUT2D eigenvalue weighted by molar-refractivity contribution is 0.102. The van der Waals surface area contributed by atoms with E-state index in [0.717, 1.165) is 34.0 Å². The third-order valence-corrected chi connectivity index (χ3v) is 6.73. The molecule has 1 aliphatic heterocycles. The standard InChI is InChI=1S/C24H24N4O4S/c1-4-27-23(21-6-5-9-30-21)25-26-24(27)33-13-19(29)18-10-15(2)28(16(18)3)12-17-7-8-20-22(11-17)32-14-31-20/h5-11H,4,12-14H2,1-3H3. The Kier molecular flexibility index (Phi) is 5.72. The molecule has 0 saturated carbocycles. The largest absolute Gasteiger partial charge is 0.461 e. The fraction of sp³-hybridized carbons (Fsp3) is 0.292. The number of benzene rings is 1. The number of furan rings is 1.